The van der Waals surface area contributed by atoms with Crippen molar-refractivity contribution in [2.24, 2.45) is 5.11 Å². The van der Waals surface area contributed by atoms with E-state index in [0.29, 0.717) is 11.7 Å². The lowest BCUT2D eigenvalue weighted by molar-refractivity contribution is 1.22. The number of azide groups is 1. The Morgan fingerprint density at radius 2 is 2.50 bits per heavy atom. The topological polar surface area (TPSA) is 61.7 Å². The second-order valence-electron chi connectivity index (χ2n) is 2.35. The summed E-state index contributed by atoms with van der Waals surface area (Å²) in [5.74, 6) is 0. The third-order valence-corrected chi connectivity index (χ3v) is 2.13. The molecule has 14 heavy (non-hydrogen) atoms. The largest absolute Gasteiger partial charge is 0.243 e. The van der Waals surface area contributed by atoms with Crippen molar-refractivity contribution in [3.63, 3.8) is 0 Å². The number of hydrogen-bond donors (Lipinski definition) is 0. The first-order valence-electron chi connectivity index (χ1n) is 3.72. The van der Waals surface area contributed by atoms with Gasteiger partial charge < -0.3 is 0 Å². The van der Waals surface area contributed by atoms with E-state index in [4.69, 9.17) is 17.1 Å². The highest BCUT2D eigenvalue weighted by molar-refractivity contribution is 9.10. The van der Waals surface area contributed by atoms with Crippen LogP contribution in [-0.4, -0.2) is 11.5 Å². The number of pyridine rings is 1. The Morgan fingerprint density at radius 1 is 1.71 bits per heavy atom. The molecule has 0 aromatic carbocycles. The normalized spacial score (nSPS) is 10.1. The monoisotopic (exact) mass is 272 g/mol. The van der Waals surface area contributed by atoms with Crippen LogP contribution >= 0.6 is 27.5 Å². The minimum absolute atomic E-state index is 0.305. The van der Waals surface area contributed by atoms with Gasteiger partial charge in [0.25, 0.3) is 0 Å². The van der Waals surface area contributed by atoms with E-state index in [9.17, 15) is 0 Å². The average molecular weight is 274 g/mol. The second-order valence-corrected chi connectivity index (χ2v) is 3.62. The zero-order valence-corrected chi connectivity index (χ0v) is 9.40. The SMILES string of the molecule is [N-]=[N+]=NCC=Cc1cc(Br)cnc1Cl. The molecule has 0 aliphatic heterocycles. The second kappa shape index (κ2) is 5.65. The predicted molar refractivity (Wildman–Crippen MR) is 60.0 cm³/mol. The minimum Gasteiger partial charge on any atom is -0.243 e. The van der Waals surface area contributed by atoms with Gasteiger partial charge in [0.1, 0.15) is 5.15 Å². The van der Waals surface area contributed by atoms with E-state index in [-0.39, 0.29) is 0 Å². The van der Waals surface area contributed by atoms with Gasteiger partial charge >= 0.3 is 0 Å². The molecule has 72 valence electrons. The van der Waals surface area contributed by atoms with Gasteiger partial charge in [0.15, 0.2) is 0 Å². The summed E-state index contributed by atoms with van der Waals surface area (Å²) in [6, 6.07) is 1.84. The molecule has 0 saturated carbocycles. The van der Waals surface area contributed by atoms with E-state index >= 15 is 0 Å². The van der Waals surface area contributed by atoms with Gasteiger partial charge in [-0.1, -0.05) is 28.9 Å². The molecule has 1 heterocycles. The Labute approximate surface area is 94.4 Å². The van der Waals surface area contributed by atoms with Gasteiger partial charge in [-0.05, 0) is 27.5 Å². The Morgan fingerprint density at radius 3 is 3.21 bits per heavy atom. The van der Waals surface area contributed by atoms with Crippen molar-refractivity contribution in [2.75, 3.05) is 6.54 Å². The summed E-state index contributed by atoms with van der Waals surface area (Å²) >= 11 is 9.10. The molecule has 0 saturated heterocycles. The molecule has 4 nitrogen and oxygen atoms in total. The molecular formula is C8H6BrClN4. The molecule has 0 aliphatic rings. The van der Waals surface area contributed by atoms with Crippen LogP contribution in [0.1, 0.15) is 5.56 Å². The van der Waals surface area contributed by atoms with Gasteiger partial charge in [-0.2, -0.15) is 0 Å². The standard InChI is InChI=1S/C8H6BrClN4/c9-7-4-6(8(10)12-5-7)2-1-3-13-14-11/h1-2,4-5H,3H2. The van der Waals surface area contributed by atoms with Crippen LogP contribution in [0.2, 0.25) is 5.15 Å². The highest BCUT2D eigenvalue weighted by Gasteiger charge is 1.97. The van der Waals surface area contributed by atoms with Gasteiger partial charge in [0.2, 0.25) is 0 Å². The Bertz CT molecular complexity index is 398. The van der Waals surface area contributed by atoms with Crippen LogP contribution in [0.4, 0.5) is 0 Å². The van der Waals surface area contributed by atoms with E-state index in [2.05, 4.69) is 30.9 Å². The van der Waals surface area contributed by atoms with Gasteiger partial charge in [-0.15, -0.1) is 0 Å². The van der Waals surface area contributed by atoms with E-state index in [0.717, 1.165) is 10.0 Å². The molecule has 0 unspecified atom stereocenters. The number of rotatable bonds is 3. The Kier molecular flexibility index (Phi) is 4.46. The summed E-state index contributed by atoms with van der Waals surface area (Å²) in [5, 5.41) is 3.78. The summed E-state index contributed by atoms with van der Waals surface area (Å²) < 4.78 is 0.852. The number of hydrogen-bond acceptors (Lipinski definition) is 2. The third kappa shape index (κ3) is 3.38. The van der Waals surface area contributed by atoms with Crippen LogP contribution in [-0.2, 0) is 0 Å². The lowest BCUT2D eigenvalue weighted by atomic mass is 10.2. The number of aromatic nitrogens is 1. The molecule has 0 amide bonds. The zero-order chi connectivity index (χ0) is 10.4. The van der Waals surface area contributed by atoms with Crippen molar-refractivity contribution in [1.82, 2.24) is 4.98 Å². The summed E-state index contributed by atoms with van der Waals surface area (Å²) in [6.07, 6.45) is 5.09. The van der Waals surface area contributed by atoms with E-state index in [1.165, 1.54) is 0 Å². The van der Waals surface area contributed by atoms with E-state index in [1.807, 2.05) is 6.07 Å². The van der Waals surface area contributed by atoms with Crippen LogP contribution in [0.25, 0.3) is 16.5 Å². The molecule has 0 radical (unpaired) electrons. The fraction of sp³-hybridized carbons (Fsp3) is 0.125. The number of halogens is 2. The van der Waals surface area contributed by atoms with Crippen LogP contribution in [0.5, 0.6) is 0 Å². The molecule has 1 aromatic heterocycles. The van der Waals surface area contributed by atoms with E-state index < -0.39 is 0 Å². The van der Waals surface area contributed by atoms with Crippen LogP contribution in [0.15, 0.2) is 27.9 Å². The zero-order valence-electron chi connectivity index (χ0n) is 7.06. The van der Waals surface area contributed by atoms with Crippen molar-refractivity contribution in [3.05, 3.63) is 44.0 Å². The lowest BCUT2D eigenvalue weighted by Gasteiger charge is -1.96. The van der Waals surface area contributed by atoms with Crippen LogP contribution in [0.3, 0.4) is 0 Å². The first-order valence-corrected chi connectivity index (χ1v) is 4.89. The Hall–Kier alpha value is -1.03. The van der Waals surface area contributed by atoms with Gasteiger partial charge in [0, 0.05) is 27.7 Å². The van der Waals surface area contributed by atoms with E-state index in [1.54, 1.807) is 18.3 Å². The van der Waals surface area contributed by atoms with Crippen molar-refractivity contribution in [3.8, 4) is 0 Å². The smallest absolute Gasteiger partial charge is 0.136 e. The average Bonchev–Trinajstić information content (AvgIpc) is 2.18. The van der Waals surface area contributed by atoms with Crippen molar-refractivity contribution in [1.29, 1.82) is 0 Å². The van der Waals surface area contributed by atoms with Crippen molar-refractivity contribution in [2.45, 2.75) is 0 Å². The molecule has 6 heteroatoms. The lowest BCUT2D eigenvalue weighted by Crippen LogP contribution is -1.81. The molecule has 0 aliphatic carbocycles. The van der Waals surface area contributed by atoms with Crippen LogP contribution in [0, 0.1) is 0 Å². The molecule has 0 fully saturated rings. The minimum atomic E-state index is 0.305. The molecule has 0 spiro atoms. The quantitative estimate of drug-likeness (QED) is 0.357. The highest BCUT2D eigenvalue weighted by Crippen LogP contribution is 2.19. The Balaban J connectivity index is 2.79. The maximum absolute atomic E-state index is 8.04. The summed E-state index contributed by atoms with van der Waals surface area (Å²) in [5.41, 5.74) is 8.83. The molecule has 0 atom stereocenters. The van der Waals surface area contributed by atoms with Crippen molar-refractivity contribution < 1.29 is 0 Å². The molecule has 1 rings (SSSR count). The van der Waals surface area contributed by atoms with Gasteiger partial charge in [0.05, 0.1) is 0 Å². The summed E-state index contributed by atoms with van der Waals surface area (Å²) in [4.78, 5) is 6.56. The van der Waals surface area contributed by atoms with Gasteiger partial charge in [-0.25, -0.2) is 4.98 Å². The highest BCUT2D eigenvalue weighted by atomic mass is 79.9. The number of nitrogens with zero attached hydrogens (tertiary/aromatic N) is 4. The molecule has 0 bridgehead atoms. The summed E-state index contributed by atoms with van der Waals surface area (Å²) in [7, 11) is 0. The van der Waals surface area contributed by atoms with Gasteiger partial charge in [-0.3, -0.25) is 0 Å². The fourth-order valence-corrected chi connectivity index (χ4v) is 1.33. The third-order valence-electron chi connectivity index (χ3n) is 1.38. The maximum atomic E-state index is 8.04. The first-order chi connectivity index (χ1) is 6.74. The summed E-state index contributed by atoms with van der Waals surface area (Å²) in [6.45, 7) is 0.305. The fourth-order valence-electron chi connectivity index (χ4n) is 0.818. The first kappa shape index (κ1) is 11.0. The molecule has 1 aromatic rings. The molecular weight excluding hydrogens is 267 g/mol. The van der Waals surface area contributed by atoms with Crippen LogP contribution < -0.4 is 0 Å². The van der Waals surface area contributed by atoms with Crippen molar-refractivity contribution >= 4 is 33.6 Å². The predicted octanol–water partition coefficient (Wildman–Crippen LogP) is 3.82. The molecule has 0 N–H and O–H groups in total. The maximum Gasteiger partial charge on any atom is 0.136 e.